The van der Waals surface area contributed by atoms with E-state index < -0.39 is 5.25 Å². The molecule has 1 atom stereocenters. The second-order valence-corrected chi connectivity index (χ2v) is 8.45. The number of amidine groups is 1. The number of ether oxygens (including phenoxy) is 1. The summed E-state index contributed by atoms with van der Waals surface area (Å²) in [5, 5.41) is 14.1. The number of hydrogen-bond donors (Lipinski definition) is 2. The first-order valence-electron chi connectivity index (χ1n) is 9.83. The zero-order chi connectivity index (χ0) is 22.2. The van der Waals surface area contributed by atoms with Gasteiger partial charge in [-0.15, -0.1) is 5.10 Å². The van der Waals surface area contributed by atoms with Crippen molar-refractivity contribution < 1.29 is 14.3 Å². The van der Waals surface area contributed by atoms with Gasteiger partial charge in [0.25, 0.3) is 0 Å². The van der Waals surface area contributed by atoms with Gasteiger partial charge in [0.2, 0.25) is 11.8 Å². The van der Waals surface area contributed by atoms with Gasteiger partial charge < -0.3 is 15.4 Å². The Kier molecular flexibility index (Phi) is 8.08. The lowest BCUT2D eigenvalue weighted by Crippen LogP contribution is -2.41. The van der Waals surface area contributed by atoms with Gasteiger partial charge in [-0.25, -0.2) is 0 Å². The van der Waals surface area contributed by atoms with Gasteiger partial charge in [-0.3, -0.25) is 9.59 Å². The van der Waals surface area contributed by atoms with Gasteiger partial charge in [0, 0.05) is 17.1 Å². The highest BCUT2D eigenvalue weighted by molar-refractivity contribution is 8.15. The number of hydrogen-bond acceptors (Lipinski definition) is 6. The molecule has 31 heavy (non-hydrogen) atoms. The normalized spacial score (nSPS) is 17.9. The maximum absolute atomic E-state index is 12.7. The van der Waals surface area contributed by atoms with Crippen LogP contribution in [0.3, 0.4) is 0 Å². The third kappa shape index (κ3) is 6.83. The Balaban J connectivity index is 1.63. The number of thioether (sulfide) groups is 1. The Hall–Kier alpha value is -2.84. The molecule has 2 aromatic rings. The van der Waals surface area contributed by atoms with E-state index in [0.29, 0.717) is 23.0 Å². The highest BCUT2D eigenvalue weighted by Gasteiger charge is 2.30. The molecular weight excluding hydrogens is 436 g/mol. The number of nitrogens with one attached hydrogen (secondary N) is 2. The molecule has 1 fully saturated rings. The van der Waals surface area contributed by atoms with E-state index >= 15 is 0 Å². The average molecular weight is 459 g/mol. The lowest BCUT2D eigenvalue weighted by molar-refractivity contribution is -0.123. The van der Waals surface area contributed by atoms with Crippen molar-refractivity contribution in [3.63, 3.8) is 0 Å². The Morgan fingerprint density at radius 3 is 2.61 bits per heavy atom. The van der Waals surface area contributed by atoms with Crippen LogP contribution in [0.2, 0.25) is 5.02 Å². The van der Waals surface area contributed by atoms with Crippen molar-refractivity contribution in [1.29, 1.82) is 0 Å². The summed E-state index contributed by atoms with van der Waals surface area (Å²) in [5.74, 6) is 0.197. The third-order valence-electron chi connectivity index (χ3n) is 4.31. The Bertz CT molecular complexity index is 991. The van der Waals surface area contributed by atoms with Crippen LogP contribution >= 0.6 is 23.4 Å². The fourth-order valence-electron chi connectivity index (χ4n) is 2.69. The monoisotopic (exact) mass is 458 g/mol. The summed E-state index contributed by atoms with van der Waals surface area (Å²) in [6.45, 7) is 4.48. The number of anilines is 1. The average Bonchev–Trinajstić information content (AvgIpc) is 2.77. The zero-order valence-electron chi connectivity index (χ0n) is 17.2. The summed E-state index contributed by atoms with van der Waals surface area (Å²) >= 11 is 7.07. The topological polar surface area (TPSA) is 92.1 Å². The second-order valence-electron chi connectivity index (χ2n) is 6.82. The van der Waals surface area contributed by atoms with Gasteiger partial charge in [-0.05, 0) is 55.3 Å². The zero-order valence-corrected chi connectivity index (χ0v) is 18.8. The Labute approximate surface area is 190 Å². The third-order valence-corrected chi connectivity index (χ3v) is 5.64. The van der Waals surface area contributed by atoms with Crippen LogP contribution in [-0.2, 0) is 9.59 Å². The summed E-state index contributed by atoms with van der Waals surface area (Å²) in [5.41, 5.74) is 2.16. The number of nitrogens with zero attached hydrogens (tertiary/aromatic N) is 2. The maximum atomic E-state index is 12.7. The molecule has 1 aliphatic heterocycles. The van der Waals surface area contributed by atoms with Crippen molar-refractivity contribution in [2.75, 3.05) is 11.9 Å². The van der Waals surface area contributed by atoms with Gasteiger partial charge in [0.1, 0.15) is 11.0 Å². The quantitative estimate of drug-likeness (QED) is 0.473. The maximum Gasteiger partial charge on any atom is 0.238 e. The standard InChI is InChI=1S/C22H23ClN4O3S/c1-3-12-30-18-10-8-17(9-11-18)24-21(29)19-13-20(28)25-22(31-19)27-26-14(2)15-4-6-16(23)7-5-15/h4-11,19H,3,12-13H2,1-2H3,(H,24,29)(H,25,27,28). The molecule has 3 rings (SSSR count). The van der Waals surface area contributed by atoms with Gasteiger partial charge >= 0.3 is 0 Å². The molecule has 1 unspecified atom stereocenters. The molecule has 0 saturated carbocycles. The summed E-state index contributed by atoms with van der Waals surface area (Å²) < 4.78 is 5.54. The van der Waals surface area contributed by atoms with Crippen molar-refractivity contribution in [1.82, 2.24) is 5.32 Å². The number of rotatable bonds is 7. The first kappa shape index (κ1) is 22.8. The summed E-state index contributed by atoms with van der Waals surface area (Å²) in [6.07, 6.45) is 0.986. The van der Waals surface area contributed by atoms with E-state index in [1.807, 2.05) is 19.1 Å². The van der Waals surface area contributed by atoms with E-state index in [9.17, 15) is 9.59 Å². The molecule has 0 bridgehead atoms. The molecule has 2 N–H and O–H groups in total. The fourth-order valence-corrected chi connectivity index (χ4v) is 3.74. The van der Waals surface area contributed by atoms with Crippen LogP contribution in [0.1, 0.15) is 32.3 Å². The molecule has 1 saturated heterocycles. The molecule has 0 spiro atoms. The van der Waals surface area contributed by atoms with Crippen LogP contribution in [-0.4, -0.2) is 34.6 Å². The predicted octanol–water partition coefficient (Wildman–Crippen LogP) is 4.47. The van der Waals surface area contributed by atoms with E-state index in [1.54, 1.807) is 43.3 Å². The summed E-state index contributed by atoms with van der Waals surface area (Å²) in [7, 11) is 0. The van der Waals surface area contributed by atoms with Crippen molar-refractivity contribution in [3.8, 4) is 5.75 Å². The molecule has 1 aliphatic rings. The van der Waals surface area contributed by atoms with Crippen LogP contribution in [0.5, 0.6) is 5.75 Å². The van der Waals surface area contributed by atoms with Gasteiger partial charge in [0.05, 0.1) is 12.3 Å². The lowest BCUT2D eigenvalue weighted by atomic mass is 10.1. The van der Waals surface area contributed by atoms with E-state index in [0.717, 1.165) is 17.7 Å². The number of amides is 2. The van der Waals surface area contributed by atoms with Gasteiger partial charge in [-0.2, -0.15) is 5.10 Å². The molecule has 2 aromatic carbocycles. The molecule has 1 heterocycles. The van der Waals surface area contributed by atoms with E-state index in [1.165, 1.54) is 11.8 Å². The Morgan fingerprint density at radius 2 is 1.94 bits per heavy atom. The first-order valence-corrected chi connectivity index (χ1v) is 11.1. The lowest BCUT2D eigenvalue weighted by Gasteiger charge is -2.21. The molecule has 7 nitrogen and oxygen atoms in total. The minimum absolute atomic E-state index is 0.0626. The van der Waals surface area contributed by atoms with Gasteiger partial charge in [-0.1, -0.05) is 42.4 Å². The summed E-state index contributed by atoms with van der Waals surface area (Å²) in [6, 6.07) is 14.3. The second kappa shape index (κ2) is 11.0. The SMILES string of the molecule is CCCOc1ccc(NC(=O)C2CC(=O)N/C(=N\N=C(C)c3ccc(Cl)cc3)S2)cc1. The number of benzene rings is 2. The van der Waals surface area contributed by atoms with Crippen molar-refractivity contribution in [2.24, 2.45) is 10.2 Å². The predicted molar refractivity (Wildman–Crippen MR) is 126 cm³/mol. The van der Waals surface area contributed by atoms with Crippen LogP contribution in [0.15, 0.2) is 58.7 Å². The number of halogens is 1. The largest absolute Gasteiger partial charge is 0.494 e. The van der Waals surface area contributed by atoms with Crippen LogP contribution in [0.25, 0.3) is 0 Å². The molecular formula is C22H23ClN4O3S. The van der Waals surface area contributed by atoms with Crippen LogP contribution < -0.4 is 15.4 Å². The van der Waals surface area contributed by atoms with Crippen molar-refractivity contribution in [3.05, 3.63) is 59.1 Å². The Morgan fingerprint density at radius 1 is 1.23 bits per heavy atom. The molecule has 162 valence electrons. The smallest absolute Gasteiger partial charge is 0.238 e. The van der Waals surface area contributed by atoms with Gasteiger partial charge in [0.15, 0.2) is 5.17 Å². The van der Waals surface area contributed by atoms with Crippen LogP contribution in [0.4, 0.5) is 5.69 Å². The fraction of sp³-hybridized carbons (Fsp3) is 0.273. The minimum Gasteiger partial charge on any atom is -0.494 e. The van der Waals surface area contributed by atoms with Crippen LogP contribution in [0, 0.1) is 0 Å². The van der Waals surface area contributed by atoms with Crippen molar-refractivity contribution >= 4 is 51.7 Å². The highest BCUT2D eigenvalue weighted by Crippen LogP contribution is 2.23. The molecule has 0 aliphatic carbocycles. The summed E-state index contributed by atoms with van der Waals surface area (Å²) in [4.78, 5) is 24.7. The van der Waals surface area contributed by atoms with E-state index in [-0.39, 0.29) is 23.4 Å². The van der Waals surface area contributed by atoms with Crippen molar-refractivity contribution in [2.45, 2.75) is 31.9 Å². The van der Waals surface area contributed by atoms with E-state index in [4.69, 9.17) is 16.3 Å². The molecule has 9 heteroatoms. The highest BCUT2D eigenvalue weighted by atomic mass is 35.5. The first-order chi connectivity index (χ1) is 14.9. The molecule has 2 amide bonds. The van der Waals surface area contributed by atoms with E-state index in [2.05, 4.69) is 20.8 Å². The number of carbonyl (C=O) groups excluding carboxylic acids is 2. The number of carbonyl (C=O) groups is 2. The molecule has 0 radical (unpaired) electrons. The molecule has 0 aromatic heterocycles. The minimum atomic E-state index is -0.602.